The van der Waals surface area contributed by atoms with Gasteiger partial charge < -0.3 is 14.4 Å². The molecule has 1 spiro atoms. The normalized spacial score (nSPS) is 26.9. The molecule has 1 saturated carbocycles. The Labute approximate surface area is 146 Å². The summed E-state index contributed by atoms with van der Waals surface area (Å²) in [7, 11) is 1.30. The monoisotopic (exact) mass is 347 g/mol. The van der Waals surface area contributed by atoms with Crippen LogP contribution in [-0.2, 0) is 32.0 Å². The van der Waals surface area contributed by atoms with Crippen LogP contribution < -0.4 is 0 Å². The van der Waals surface area contributed by atoms with Crippen LogP contribution in [0.1, 0.15) is 30.4 Å². The van der Waals surface area contributed by atoms with Crippen LogP contribution in [0.3, 0.4) is 0 Å². The Morgan fingerprint density at radius 3 is 2.80 bits per heavy atom. The zero-order valence-corrected chi connectivity index (χ0v) is 14.3. The zero-order valence-electron chi connectivity index (χ0n) is 14.3. The third kappa shape index (κ3) is 2.72. The molecule has 1 aliphatic carbocycles. The van der Waals surface area contributed by atoms with Crippen molar-refractivity contribution in [3.8, 4) is 0 Å². The van der Waals surface area contributed by atoms with E-state index in [2.05, 4.69) is 0 Å². The molecule has 4 rings (SSSR count). The summed E-state index contributed by atoms with van der Waals surface area (Å²) in [6.45, 7) is 1.64. The summed E-state index contributed by atoms with van der Waals surface area (Å²) in [5, 5.41) is 0. The van der Waals surface area contributed by atoms with Crippen molar-refractivity contribution in [2.75, 3.05) is 20.3 Å². The number of esters is 1. The van der Waals surface area contributed by atoms with Gasteiger partial charge in [0.2, 0.25) is 5.91 Å². The fraction of sp³-hybridized carbons (Fsp3) is 0.579. The van der Waals surface area contributed by atoms with Gasteiger partial charge in [0.25, 0.3) is 0 Å². The van der Waals surface area contributed by atoms with Crippen molar-refractivity contribution in [1.82, 2.24) is 4.90 Å². The summed E-state index contributed by atoms with van der Waals surface area (Å²) >= 11 is 0. The minimum atomic E-state index is -0.751. The van der Waals surface area contributed by atoms with E-state index in [0.717, 1.165) is 24.8 Å². The highest BCUT2D eigenvalue weighted by Crippen LogP contribution is 2.60. The second-order valence-corrected chi connectivity index (χ2v) is 7.32. The lowest BCUT2D eigenvalue weighted by Crippen LogP contribution is -2.50. The first kappa shape index (κ1) is 16.5. The SMILES string of the molecule is COC(=O)C1Cc2c(F)cccc2CN1C(=O)C1CC12CCOCC2. The van der Waals surface area contributed by atoms with E-state index in [4.69, 9.17) is 9.47 Å². The van der Waals surface area contributed by atoms with Gasteiger partial charge in [0.05, 0.1) is 7.11 Å². The Hall–Kier alpha value is -1.95. The van der Waals surface area contributed by atoms with E-state index in [0.29, 0.717) is 18.8 Å². The van der Waals surface area contributed by atoms with E-state index in [9.17, 15) is 14.0 Å². The molecule has 0 bridgehead atoms. The van der Waals surface area contributed by atoms with E-state index in [1.807, 2.05) is 6.07 Å². The van der Waals surface area contributed by atoms with Crippen molar-refractivity contribution in [2.45, 2.75) is 38.3 Å². The van der Waals surface area contributed by atoms with Crippen LogP contribution in [0, 0.1) is 17.2 Å². The average molecular weight is 347 g/mol. The topological polar surface area (TPSA) is 55.8 Å². The predicted octanol–water partition coefficient (Wildman–Crippen LogP) is 2.07. The molecule has 0 radical (unpaired) electrons. The summed E-state index contributed by atoms with van der Waals surface area (Å²) in [5.41, 5.74) is 1.33. The van der Waals surface area contributed by atoms with Gasteiger partial charge in [-0.25, -0.2) is 9.18 Å². The Bertz CT molecular complexity index is 713. The summed E-state index contributed by atoms with van der Waals surface area (Å²) < 4.78 is 24.4. The lowest BCUT2D eigenvalue weighted by atomic mass is 9.90. The quantitative estimate of drug-likeness (QED) is 0.769. The van der Waals surface area contributed by atoms with Gasteiger partial charge in [-0.1, -0.05) is 12.1 Å². The van der Waals surface area contributed by atoms with Crippen molar-refractivity contribution in [3.05, 3.63) is 35.1 Å². The molecule has 1 aromatic carbocycles. The molecule has 25 heavy (non-hydrogen) atoms. The molecule has 2 atom stereocenters. The number of methoxy groups -OCH3 is 1. The second kappa shape index (κ2) is 6.09. The number of amides is 1. The third-order valence-corrected chi connectivity index (χ3v) is 6.06. The van der Waals surface area contributed by atoms with Crippen LogP contribution >= 0.6 is 0 Å². The number of hydrogen-bond donors (Lipinski definition) is 0. The molecule has 5 nitrogen and oxygen atoms in total. The number of hydrogen-bond acceptors (Lipinski definition) is 4. The fourth-order valence-corrected chi connectivity index (χ4v) is 4.38. The Morgan fingerprint density at radius 1 is 1.32 bits per heavy atom. The number of fused-ring (bicyclic) bond motifs is 1. The maximum absolute atomic E-state index is 14.1. The third-order valence-electron chi connectivity index (χ3n) is 6.06. The van der Waals surface area contributed by atoms with Gasteiger partial charge in [0.1, 0.15) is 11.9 Å². The Balaban J connectivity index is 1.60. The molecular formula is C19H22FNO4. The maximum Gasteiger partial charge on any atom is 0.328 e. The summed E-state index contributed by atoms with van der Waals surface area (Å²) in [6.07, 6.45) is 2.82. The van der Waals surface area contributed by atoms with Crippen LogP contribution in [0.2, 0.25) is 0 Å². The van der Waals surface area contributed by atoms with E-state index in [1.165, 1.54) is 13.2 Å². The van der Waals surface area contributed by atoms with E-state index >= 15 is 0 Å². The second-order valence-electron chi connectivity index (χ2n) is 7.32. The Morgan fingerprint density at radius 2 is 2.08 bits per heavy atom. The smallest absolute Gasteiger partial charge is 0.328 e. The summed E-state index contributed by atoms with van der Waals surface area (Å²) in [4.78, 5) is 27.0. The molecule has 2 fully saturated rings. The molecule has 1 amide bonds. The molecule has 2 unspecified atom stereocenters. The maximum atomic E-state index is 14.1. The number of carbonyl (C=O) groups excluding carboxylic acids is 2. The molecule has 3 aliphatic rings. The molecular weight excluding hydrogens is 325 g/mol. The predicted molar refractivity (Wildman–Crippen MR) is 87.1 cm³/mol. The Kier molecular flexibility index (Phi) is 4.02. The van der Waals surface area contributed by atoms with Crippen LogP contribution in [0.15, 0.2) is 18.2 Å². The van der Waals surface area contributed by atoms with Crippen LogP contribution in [0.25, 0.3) is 0 Å². The van der Waals surface area contributed by atoms with Crippen molar-refractivity contribution in [1.29, 1.82) is 0 Å². The lowest BCUT2D eigenvalue weighted by molar-refractivity contribution is -0.155. The van der Waals surface area contributed by atoms with Crippen molar-refractivity contribution in [3.63, 3.8) is 0 Å². The fourth-order valence-electron chi connectivity index (χ4n) is 4.38. The number of benzene rings is 1. The molecule has 2 aliphatic heterocycles. The van der Waals surface area contributed by atoms with Gasteiger partial charge in [-0.2, -0.15) is 0 Å². The number of rotatable bonds is 2. The summed E-state index contributed by atoms with van der Waals surface area (Å²) in [5.74, 6) is -0.874. The van der Waals surface area contributed by atoms with Gasteiger partial charge in [0, 0.05) is 32.1 Å². The van der Waals surface area contributed by atoms with Gasteiger partial charge in [-0.3, -0.25) is 4.79 Å². The average Bonchev–Trinajstić information content (AvgIpc) is 3.33. The molecule has 1 saturated heterocycles. The molecule has 6 heteroatoms. The first-order chi connectivity index (χ1) is 12.1. The first-order valence-corrected chi connectivity index (χ1v) is 8.78. The van der Waals surface area contributed by atoms with Gasteiger partial charge in [-0.15, -0.1) is 0 Å². The highest BCUT2D eigenvalue weighted by atomic mass is 19.1. The highest BCUT2D eigenvalue weighted by Gasteiger charge is 2.60. The van der Waals surface area contributed by atoms with Crippen LogP contribution in [0.4, 0.5) is 4.39 Å². The minimum Gasteiger partial charge on any atom is -0.467 e. The highest BCUT2D eigenvalue weighted by molar-refractivity contribution is 5.88. The summed E-state index contributed by atoms with van der Waals surface area (Å²) in [6, 6.07) is 4.11. The standard InChI is InChI=1S/C19H22FNO4/c1-24-18(23)16-9-13-12(3-2-4-15(13)20)11-21(16)17(22)14-10-19(14)5-7-25-8-6-19/h2-4,14,16H,5-11H2,1H3. The van der Waals surface area contributed by atoms with Crippen molar-refractivity contribution < 1.29 is 23.5 Å². The largest absolute Gasteiger partial charge is 0.467 e. The van der Waals surface area contributed by atoms with Gasteiger partial charge >= 0.3 is 5.97 Å². The van der Waals surface area contributed by atoms with E-state index < -0.39 is 12.0 Å². The number of ether oxygens (including phenoxy) is 2. The number of halogens is 1. The number of nitrogens with zero attached hydrogens (tertiary/aromatic N) is 1. The molecule has 0 aromatic heterocycles. The first-order valence-electron chi connectivity index (χ1n) is 8.78. The van der Waals surface area contributed by atoms with Crippen LogP contribution in [0.5, 0.6) is 0 Å². The van der Waals surface area contributed by atoms with Gasteiger partial charge in [0.15, 0.2) is 0 Å². The molecule has 134 valence electrons. The van der Waals surface area contributed by atoms with Gasteiger partial charge in [-0.05, 0) is 41.9 Å². The number of carbonyl (C=O) groups is 2. The van der Waals surface area contributed by atoms with Crippen LogP contribution in [-0.4, -0.2) is 43.1 Å². The molecule has 0 N–H and O–H groups in total. The van der Waals surface area contributed by atoms with E-state index in [-0.39, 0.29) is 36.0 Å². The van der Waals surface area contributed by atoms with Crippen molar-refractivity contribution >= 4 is 11.9 Å². The minimum absolute atomic E-state index is 0.00721. The zero-order chi connectivity index (χ0) is 17.6. The van der Waals surface area contributed by atoms with E-state index in [1.54, 1.807) is 11.0 Å². The van der Waals surface area contributed by atoms with Crippen molar-refractivity contribution in [2.24, 2.45) is 11.3 Å². The lowest BCUT2D eigenvalue weighted by Gasteiger charge is -2.36. The molecule has 1 aromatic rings. The molecule has 2 heterocycles.